The summed E-state index contributed by atoms with van der Waals surface area (Å²) < 4.78 is 0. The molecule has 2 heterocycles. The number of thiazole rings is 1. The molecule has 1 saturated carbocycles. The largest absolute Gasteiger partial charge is 0.306 e. The number of nitrogens with zero attached hydrogens (tertiary/aromatic N) is 2. The molecule has 1 fully saturated rings. The number of pyridine rings is 1. The first-order valence-corrected chi connectivity index (χ1v) is 7.80. The predicted molar refractivity (Wildman–Crippen MR) is 79.1 cm³/mol. The van der Waals surface area contributed by atoms with Crippen molar-refractivity contribution in [3.63, 3.8) is 0 Å². The van der Waals surface area contributed by atoms with Crippen LogP contribution >= 0.6 is 11.3 Å². The molecule has 2 aromatic rings. The molecule has 4 heteroatoms. The summed E-state index contributed by atoms with van der Waals surface area (Å²) in [6, 6.07) is 5.94. The summed E-state index contributed by atoms with van der Waals surface area (Å²) in [5.74, 6) is 0. The number of aromatic nitrogens is 2. The number of rotatable bonds is 5. The molecule has 0 atom stereocenters. The SMILES string of the molecule is CCC1(NCc2csc(-c3ccccn3)n2)CCC1. The monoisotopic (exact) mass is 273 g/mol. The van der Waals surface area contributed by atoms with Gasteiger partial charge in [-0.15, -0.1) is 11.3 Å². The van der Waals surface area contributed by atoms with Crippen molar-refractivity contribution in [3.8, 4) is 10.7 Å². The Morgan fingerprint density at radius 1 is 1.37 bits per heavy atom. The van der Waals surface area contributed by atoms with Crippen LogP contribution in [-0.2, 0) is 6.54 Å². The summed E-state index contributed by atoms with van der Waals surface area (Å²) in [6.45, 7) is 3.14. The van der Waals surface area contributed by atoms with Crippen LogP contribution in [0.3, 0.4) is 0 Å². The Hall–Kier alpha value is -1.26. The van der Waals surface area contributed by atoms with E-state index in [1.165, 1.54) is 25.7 Å². The van der Waals surface area contributed by atoms with Crippen LogP contribution in [0.4, 0.5) is 0 Å². The van der Waals surface area contributed by atoms with Gasteiger partial charge in [-0.1, -0.05) is 13.0 Å². The second kappa shape index (κ2) is 5.39. The maximum Gasteiger partial charge on any atom is 0.142 e. The standard InChI is InChI=1S/C15H19N3S/c1-2-15(7-5-8-15)17-10-12-11-19-14(18-12)13-6-3-4-9-16-13/h3-4,6,9,11,17H,2,5,7-8,10H2,1H3. The minimum absolute atomic E-state index is 0.384. The van der Waals surface area contributed by atoms with Crippen LogP contribution < -0.4 is 5.32 Å². The fraction of sp³-hybridized carbons (Fsp3) is 0.467. The fourth-order valence-electron chi connectivity index (χ4n) is 2.53. The van der Waals surface area contributed by atoms with E-state index in [0.29, 0.717) is 5.54 Å². The normalized spacial score (nSPS) is 17.1. The van der Waals surface area contributed by atoms with Crippen LogP contribution in [0.25, 0.3) is 10.7 Å². The molecule has 0 aromatic carbocycles. The highest BCUT2D eigenvalue weighted by Crippen LogP contribution is 2.35. The molecule has 0 saturated heterocycles. The summed E-state index contributed by atoms with van der Waals surface area (Å²) >= 11 is 1.67. The van der Waals surface area contributed by atoms with Crippen molar-refractivity contribution in [1.82, 2.24) is 15.3 Å². The molecule has 1 aliphatic carbocycles. The first-order chi connectivity index (χ1) is 9.31. The van der Waals surface area contributed by atoms with Crippen molar-refractivity contribution in [2.75, 3.05) is 0 Å². The van der Waals surface area contributed by atoms with Crippen LogP contribution in [-0.4, -0.2) is 15.5 Å². The van der Waals surface area contributed by atoms with Gasteiger partial charge in [-0.05, 0) is 37.8 Å². The molecule has 0 aliphatic heterocycles. The quantitative estimate of drug-likeness (QED) is 0.904. The Morgan fingerprint density at radius 2 is 2.26 bits per heavy atom. The van der Waals surface area contributed by atoms with E-state index in [1.54, 1.807) is 11.3 Å². The molecule has 0 unspecified atom stereocenters. The number of nitrogens with one attached hydrogen (secondary N) is 1. The second-order valence-electron chi connectivity index (χ2n) is 5.20. The molecular formula is C15H19N3S. The van der Waals surface area contributed by atoms with E-state index in [9.17, 15) is 0 Å². The van der Waals surface area contributed by atoms with Gasteiger partial charge in [-0.3, -0.25) is 4.98 Å². The topological polar surface area (TPSA) is 37.8 Å². The third-order valence-corrected chi connectivity index (χ3v) is 4.98. The summed E-state index contributed by atoms with van der Waals surface area (Å²) in [5, 5.41) is 6.84. The Balaban J connectivity index is 1.65. The predicted octanol–water partition coefficient (Wildman–Crippen LogP) is 3.63. The highest BCUT2D eigenvalue weighted by molar-refractivity contribution is 7.13. The van der Waals surface area contributed by atoms with Gasteiger partial charge in [-0.2, -0.15) is 0 Å². The van der Waals surface area contributed by atoms with Crippen molar-refractivity contribution in [3.05, 3.63) is 35.5 Å². The Labute approximate surface area is 118 Å². The lowest BCUT2D eigenvalue weighted by atomic mass is 9.75. The zero-order valence-corrected chi connectivity index (χ0v) is 12.0. The molecule has 3 rings (SSSR count). The number of hydrogen-bond donors (Lipinski definition) is 1. The Bertz CT molecular complexity index is 526. The van der Waals surface area contributed by atoms with Gasteiger partial charge in [0.15, 0.2) is 0 Å². The summed E-state index contributed by atoms with van der Waals surface area (Å²) in [5.41, 5.74) is 2.48. The minimum Gasteiger partial charge on any atom is -0.306 e. The van der Waals surface area contributed by atoms with Gasteiger partial charge in [0.2, 0.25) is 0 Å². The average molecular weight is 273 g/mol. The molecule has 3 nitrogen and oxygen atoms in total. The third kappa shape index (κ3) is 2.69. The molecule has 0 radical (unpaired) electrons. The molecule has 19 heavy (non-hydrogen) atoms. The molecule has 1 N–H and O–H groups in total. The fourth-order valence-corrected chi connectivity index (χ4v) is 3.33. The number of hydrogen-bond acceptors (Lipinski definition) is 4. The van der Waals surface area contributed by atoms with Gasteiger partial charge < -0.3 is 5.32 Å². The molecule has 0 spiro atoms. The van der Waals surface area contributed by atoms with Crippen LogP contribution in [0.5, 0.6) is 0 Å². The second-order valence-corrected chi connectivity index (χ2v) is 6.06. The summed E-state index contributed by atoms with van der Waals surface area (Å²) in [7, 11) is 0. The molecule has 100 valence electrons. The zero-order valence-electron chi connectivity index (χ0n) is 11.2. The highest BCUT2D eigenvalue weighted by atomic mass is 32.1. The van der Waals surface area contributed by atoms with Crippen LogP contribution in [0.2, 0.25) is 0 Å². The average Bonchev–Trinajstić information content (AvgIpc) is 2.88. The van der Waals surface area contributed by atoms with E-state index in [2.05, 4.69) is 27.6 Å². The van der Waals surface area contributed by atoms with Gasteiger partial charge in [0, 0.05) is 23.7 Å². The van der Waals surface area contributed by atoms with Crippen LogP contribution in [0.1, 0.15) is 38.3 Å². The van der Waals surface area contributed by atoms with Crippen molar-refractivity contribution >= 4 is 11.3 Å². The first-order valence-electron chi connectivity index (χ1n) is 6.92. The van der Waals surface area contributed by atoms with Gasteiger partial charge in [-0.25, -0.2) is 4.98 Å². The van der Waals surface area contributed by atoms with Gasteiger partial charge in [0.1, 0.15) is 5.01 Å². The summed E-state index contributed by atoms with van der Waals surface area (Å²) in [6.07, 6.45) is 7.00. The first kappa shape index (κ1) is 12.8. The molecule has 2 aromatic heterocycles. The van der Waals surface area contributed by atoms with E-state index < -0.39 is 0 Å². The lowest BCUT2D eigenvalue weighted by Crippen LogP contribution is -2.49. The van der Waals surface area contributed by atoms with Gasteiger partial charge >= 0.3 is 0 Å². The molecule has 0 bridgehead atoms. The zero-order chi connectivity index (χ0) is 13.1. The highest BCUT2D eigenvalue weighted by Gasteiger charge is 2.34. The van der Waals surface area contributed by atoms with Crippen molar-refractivity contribution in [2.45, 2.75) is 44.7 Å². The van der Waals surface area contributed by atoms with E-state index in [0.717, 1.165) is 22.9 Å². The van der Waals surface area contributed by atoms with Crippen LogP contribution in [0, 0.1) is 0 Å². The van der Waals surface area contributed by atoms with Gasteiger partial charge in [0.05, 0.1) is 11.4 Å². The van der Waals surface area contributed by atoms with E-state index in [-0.39, 0.29) is 0 Å². The molecular weight excluding hydrogens is 254 g/mol. The lowest BCUT2D eigenvalue weighted by Gasteiger charge is -2.42. The third-order valence-electron chi connectivity index (χ3n) is 4.07. The van der Waals surface area contributed by atoms with E-state index in [4.69, 9.17) is 0 Å². The molecule has 0 amide bonds. The van der Waals surface area contributed by atoms with E-state index >= 15 is 0 Å². The smallest absolute Gasteiger partial charge is 0.142 e. The maximum atomic E-state index is 4.67. The Morgan fingerprint density at radius 3 is 2.89 bits per heavy atom. The van der Waals surface area contributed by atoms with Crippen molar-refractivity contribution < 1.29 is 0 Å². The Kier molecular flexibility index (Phi) is 3.62. The van der Waals surface area contributed by atoms with Crippen molar-refractivity contribution in [1.29, 1.82) is 0 Å². The lowest BCUT2D eigenvalue weighted by molar-refractivity contribution is 0.175. The van der Waals surface area contributed by atoms with E-state index in [1.807, 2.05) is 24.4 Å². The van der Waals surface area contributed by atoms with Crippen LogP contribution in [0.15, 0.2) is 29.8 Å². The molecule has 1 aliphatic rings. The van der Waals surface area contributed by atoms with Crippen molar-refractivity contribution in [2.24, 2.45) is 0 Å². The minimum atomic E-state index is 0.384. The maximum absolute atomic E-state index is 4.67. The summed E-state index contributed by atoms with van der Waals surface area (Å²) in [4.78, 5) is 9.01. The van der Waals surface area contributed by atoms with Gasteiger partial charge in [0.25, 0.3) is 0 Å².